The molecule has 1 aliphatic rings. The van der Waals surface area contributed by atoms with Gasteiger partial charge in [-0.2, -0.15) is 4.31 Å². The molecule has 0 saturated carbocycles. The summed E-state index contributed by atoms with van der Waals surface area (Å²) in [6.07, 6.45) is 3.25. The summed E-state index contributed by atoms with van der Waals surface area (Å²) in [6.45, 7) is 5.14. The Balaban J connectivity index is 1.60. The van der Waals surface area contributed by atoms with Gasteiger partial charge in [-0.1, -0.05) is 19.1 Å². The molecular formula is C22H28N2O5S2. The number of aryl methyl sites for hydroxylation is 2. The zero-order valence-electron chi connectivity index (χ0n) is 17.8. The van der Waals surface area contributed by atoms with Crippen molar-refractivity contribution in [2.45, 2.75) is 50.8 Å². The number of ether oxygens (including phenoxy) is 1. The normalized spacial score (nSPS) is 14.5. The SMILES string of the molecule is CCOC(=O)c1cc(CC)sc1NC(=O)CCc1ccc(S(=O)(=O)N2CCCC2)cc1. The summed E-state index contributed by atoms with van der Waals surface area (Å²) < 4.78 is 31.8. The van der Waals surface area contributed by atoms with Crippen LogP contribution >= 0.6 is 11.3 Å². The molecule has 2 heterocycles. The smallest absolute Gasteiger partial charge is 0.341 e. The van der Waals surface area contributed by atoms with Crippen molar-refractivity contribution >= 4 is 38.2 Å². The molecule has 3 rings (SSSR count). The van der Waals surface area contributed by atoms with Crippen molar-refractivity contribution in [2.24, 2.45) is 0 Å². The molecule has 0 bridgehead atoms. The molecule has 0 aliphatic carbocycles. The third kappa shape index (κ3) is 5.72. The molecule has 0 unspecified atom stereocenters. The summed E-state index contributed by atoms with van der Waals surface area (Å²) in [5.41, 5.74) is 1.26. The fourth-order valence-electron chi connectivity index (χ4n) is 3.42. The maximum absolute atomic E-state index is 12.6. The first kappa shape index (κ1) is 23.4. The molecule has 1 N–H and O–H groups in total. The number of hydrogen-bond donors (Lipinski definition) is 1. The summed E-state index contributed by atoms with van der Waals surface area (Å²) in [7, 11) is -3.43. The second kappa shape index (κ2) is 10.4. The van der Waals surface area contributed by atoms with Crippen molar-refractivity contribution in [2.75, 3.05) is 25.0 Å². The summed E-state index contributed by atoms with van der Waals surface area (Å²) in [5, 5.41) is 3.33. The number of rotatable bonds is 9. The van der Waals surface area contributed by atoms with E-state index in [4.69, 9.17) is 4.74 Å². The second-order valence-corrected chi connectivity index (χ2v) is 10.4. The number of carbonyl (C=O) groups excluding carboxylic acids is 2. The number of thiophene rings is 1. The van der Waals surface area contributed by atoms with Crippen LogP contribution in [0.2, 0.25) is 0 Å². The molecule has 1 aliphatic heterocycles. The standard InChI is InChI=1S/C22H28N2O5S2/c1-3-17-15-19(22(26)29-4-2)21(30-17)23-20(25)12-9-16-7-10-18(11-8-16)31(27,28)24-13-5-6-14-24/h7-8,10-11,15H,3-6,9,12-14H2,1-2H3,(H,23,25). The number of anilines is 1. The Morgan fingerprint density at radius 3 is 2.42 bits per heavy atom. The van der Waals surface area contributed by atoms with Gasteiger partial charge in [-0.05, 0) is 56.4 Å². The van der Waals surface area contributed by atoms with E-state index in [0.717, 1.165) is 29.7 Å². The average Bonchev–Trinajstić information content (AvgIpc) is 3.43. The van der Waals surface area contributed by atoms with Crippen LogP contribution in [0.4, 0.5) is 5.00 Å². The summed E-state index contributed by atoms with van der Waals surface area (Å²) in [6, 6.07) is 8.47. The van der Waals surface area contributed by atoms with Gasteiger partial charge in [0.1, 0.15) is 5.00 Å². The van der Waals surface area contributed by atoms with E-state index >= 15 is 0 Å². The van der Waals surface area contributed by atoms with E-state index in [-0.39, 0.29) is 23.8 Å². The largest absolute Gasteiger partial charge is 0.462 e. The molecule has 1 amide bonds. The number of amides is 1. The molecule has 0 atom stereocenters. The molecule has 1 aromatic heterocycles. The predicted molar refractivity (Wildman–Crippen MR) is 121 cm³/mol. The molecule has 1 saturated heterocycles. The van der Waals surface area contributed by atoms with Crippen LogP contribution in [0.1, 0.15) is 53.9 Å². The van der Waals surface area contributed by atoms with E-state index in [9.17, 15) is 18.0 Å². The predicted octanol–water partition coefficient (Wildman–Crippen LogP) is 3.84. The van der Waals surface area contributed by atoms with Crippen LogP contribution in [-0.4, -0.2) is 44.3 Å². The van der Waals surface area contributed by atoms with Crippen LogP contribution in [-0.2, 0) is 32.4 Å². The van der Waals surface area contributed by atoms with E-state index in [2.05, 4.69) is 5.32 Å². The molecule has 168 valence electrons. The Morgan fingerprint density at radius 2 is 1.81 bits per heavy atom. The Labute approximate surface area is 187 Å². The van der Waals surface area contributed by atoms with Gasteiger partial charge in [-0.25, -0.2) is 13.2 Å². The molecule has 0 radical (unpaired) electrons. The van der Waals surface area contributed by atoms with Crippen molar-refractivity contribution in [1.82, 2.24) is 4.31 Å². The van der Waals surface area contributed by atoms with Crippen LogP contribution in [0, 0.1) is 0 Å². The molecule has 0 spiro atoms. The number of sulfonamides is 1. The highest BCUT2D eigenvalue weighted by Crippen LogP contribution is 2.29. The monoisotopic (exact) mass is 464 g/mol. The molecule has 7 nitrogen and oxygen atoms in total. The zero-order valence-corrected chi connectivity index (χ0v) is 19.5. The van der Waals surface area contributed by atoms with E-state index in [1.807, 2.05) is 6.92 Å². The Hall–Kier alpha value is -2.23. The number of nitrogens with zero attached hydrogens (tertiary/aromatic N) is 1. The number of carbonyl (C=O) groups is 2. The number of nitrogens with one attached hydrogen (secondary N) is 1. The Bertz CT molecular complexity index is 1020. The van der Waals surface area contributed by atoms with E-state index in [0.29, 0.717) is 30.1 Å². The molecule has 2 aromatic rings. The lowest BCUT2D eigenvalue weighted by atomic mass is 10.1. The zero-order chi connectivity index (χ0) is 22.4. The summed E-state index contributed by atoms with van der Waals surface area (Å²) in [4.78, 5) is 25.9. The van der Waals surface area contributed by atoms with Gasteiger partial charge in [0.2, 0.25) is 15.9 Å². The van der Waals surface area contributed by atoms with Gasteiger partial charge in [-0.15, -0.1) is 11.3 Å². The van der Waals surface area contributed by atoms with Crippen LogP contribution in [0.5, 0.6) is 0 Å². The fraction of sp³-hybridized carbons (Fsp3) is 0.455. The van der Waals surface area contributed by atoms with Crippen LogP contribution in [0.3, 0.4) is 0 Å². The van der Waals surface area contributed by atoms with Crippen LogP contribution in [0.15, 0.2) is 35.2 Å². The molecule has 31 heavy (non-hydrogen) atoms. The highest BCUT2D eigenvalue weighted by atomic mass is 32.2. The lowest BCUT2D eigenvalue weighted by Crippen LogP contribution is -2.27. The maximum Gasteiger partial charge on any atom is 0.341 e. The van der Waals surface area contributed by atoms with Gasteiger partial charge in [0.15, 0.2) is 0 Å². The third-order valence-electron chi connectivity index (χ3n) is 5.15. The Kier molecular flexibility index (Phi) is 7.85. The number of esters is 1. The molecular weight excluding hydrogens is 436 g/mol. The molecule has 9 heteroatoms. The van der Waals surface area contributed by atoms with Crippen LogP contribution in [0.25, 0.3) is 0 Å². The van der Waals surface area contributed by atoms with E-state index in [1.54, 1.807) is 37.3 Å². The van der Waals surface area contributed by atoms with Crippen molar-refractivity contribution in [3.63, 3.8) is 0 Å². The van der Waals surface area contributed by atoms with Gasteiger partial charge in [0.05, 0.1) is 17.1 Å². The third-order valence-corrected chi connectivity index (χ3v) is 8.25. The second-order valence-electron chi connectivity index (χ2n) is 7.33. The average molecular weight is 465 g/mol. The first-order valence-electron chi connectivity index (χ1n) is 10.5. The minimum atomic E-state index is -3.43. The molecule has 1 aromatic carbocycles. The van der Waals surface area contributed by atoms with E-state index < -0.39 is 16.0 Å². The fourth-order valence-corrected chi connectivity index (χ4v) is 5.94. The minimum absolute atomic E-state index is 0.205. The summed E-state index contributed by atoms with van der Waals surface area (Å²) in [5.74, 6) is -0.646. The Morgan fingerprint density at radius 1 is 1.13 bits per heavy atom. The van der Waals surface area contributed by atoms with Gasteiger partial charge in [-0.3, -0.25) is 4.79 Å². The van der Waals surface area contributed by atoms with Gasteiger partial charge < -0.3 is 10.1 Å². The number of hydrogen-bond acceptors (Lipinski definition) is 6. The topological polar surface area (TPSA) is 92.8 Å². The first-order chi connectivity index (χ1) is 14.8. The van der Waals surface area contributed by atoms with Gasteiger partial charge >= 0.3 is 5.97 Å². The van der Waals surface area contributed by atoms with Crippen LogP contribution < -0.4 is 5.32 Å². The van der Waals surface area contributed by atoms with E-state index in [1.165, 1.54) is 15.6 Å². The van der Waals surface area contributed by atoms with Crippen molar-refractivity contribution in [3.05, 3.63) is 46.3 Å². The summed E-state index contributed by atoms with van der Waals surface area (Å²) >= 11 is 1.38. The first-order valence-corrected chi connectivity index (χ1v) is 12.8. The van der Waals surface area contributed by atoms with Gasteiger partial charge in [0.25, 0.3) is 0 Å². The lowest BCUT2D eigenvalue weighted by Gasteiger charge is -2.15. The molecule has 1 fully saturated rings. The quantitative estimate of drug-likeness (QED) is 0.569. The van der Waals surface area contributed by atoms with Crippen molar-refractivity contribution < 1.29 is 22.7 Å². The van der Waals surface area contributed by atoms with Gasteiger partial charge in [0, 0.05) is 24.4 Å². The van der Waals surface area contributed by atoms with Crippen molar-refractivity contribution in [3.8, 4) is 0 Å². The minimum Gasteiger partial charge on any atom is -0.462 e. The lowest BCUT2D eigenvalue weighted by molar-refractivity contribution is -0.116. The number of benzene rings is 1. The van der Waals surface area contributed by atoms with Crippen molar-refractivity contribution in [1.29, 1.82) is 0 Å². The maximum atomic E-state index is 12.6. The highest BCUT2D eigenvalue weighted by Gasteiger charge is 2.27. The highest BCUT2D eigenvalue weighted by molar-refractivity contribution is 7.89.